The highest BCUT2D eigenvalue weighted by Gasteiger charge is 2.24. The molecule has 1 aromatic carbocycles. The zero-order chi connectivity index (χ0) is 61.6. The van der Waals surface area contributed by atoms with Crippen molar-refractivity contribution in [2.75, 3.05) is 0 Å². The van der Waals surface area contributed by atoms with Gasteiger partial charge in [0, 0.05) is 566 Å². The average molecular weight is 2360 g/mol. The molecule has 0 amide bonds. The maximum Gasteiger partial charge on any atom is 0.149 e. The molecule has 0 aliphatic heterocycles. The first-order valence-corrected chi connectivity index (χ1v) is 100. The average Bonchev–Trinajstić information content (AvgIpc) is 1.85. The van der Waals surface area contributed by atoms with Crippen LogP contribution in [0.25, 0.3) is 16.6 Å². The third kappa shape index (κ3) is 55.4. The van der Waals surface area contributed by atoms with E-state index in [2.05, 4.69) is 87.0 Å². The Hall–Kier alpha value is 12.2. The summed E-state index contributed by atoms with van der Waals surface area (Å²) in [6.45, 7) is 15.4. The number of nitrogens with zero attached hydrogens (tertiary/aromatic N) is 3. The van der Waals surface area contributed by atoms with Gasteiger partial charge >= 0.3 is 0 Å². The molecule has 0 unspecified atom stereocenters. The molecule has 0 fully saturated rings. The molecule has 3 aromatic rings. The van der Waals surface area contributed by atoms with E-state index in [1.165, 1.54) is 23.3 Å². The van der Waals surface area contributed by atoms with E-state index in [0.717, 1.165) is 32.7 Å². The van der Waals surface area contributed by atoms with Crippen molar-refractivity contribution in [1.29, 1.82) is 0 Å². The van der Waals surface area contributed by atoms with Crippen molar-refractivity contribution in [2.45, 2.75) is 59.3 Å². The Labute approximate surface area is 682 Å². The second-order valence-corrected chi connectivity index (χ2v) is 119. The fourth-order valence-corrected chi connectivity index (χ4v) is 163. The molecule has 85 heavy (non-hydrogen) atoms. The Morgan fingerprint density at radius 2 is 0.529 bits per heavy atom. The Morgan fingerprint density at radius 1 is 0.318 bits per heavy atom. The number of rotatable bonds is 0. The van der Waals surface area contributed by atoms with E-state index in [1.807, 2.05) is 409 Å². The van der Waals surface area contributed by atoms with Gasteiger partial charge in [0.25, 0.3) is 0 Å². The number of imidazole rings is 1. The fourth-order valence-electron chi connectivity index (χ4n) is 3.52. The minimum Gasteiger partial charge on any atom is -0.283 e. The van der Waals surface area contributed by atoms with E-state index in [0.29, 0.717) is 0 Å². The molecule has 0 N–H and O–H groups in total. The quantitative estimate of drug-likeness (QED) is 0.302. The van der Waals surface area contributed by atoms with Crippen LogP contribution >= 0.6 is 15.9 Å². The highest BCUT2D eigenvalue weighted by molar-refractivity contribution is 9.10. The molecule has 0 spiro atoms. The standard InChI is InChI=1S/C19H24BrN3.S62/c1-11-15(20)22-16-13-9-8-12(18(2,3)4)10-14(13)21-17(23(11)16)19(5,6)7;1-3-5-7-9-11-13-15-17-19-21-23-25-27-29-31-33-35-37-39-41-43-45-47-49-51-53-55-57-59-61-62-60-58-56-54-52-50-48-46-44-42-40-38-36-34-32-30-28-26-24-22-20-18-16-14-12-10-8-6-4-2/h8-10H,1-7H3;. The Morgan fingerprint density at radius 3 is 0.718 bits per heavy atom. The molecule has 0 radical (unpaired) electrons. The number of aryl methyl sites for hydroxylation is 1. The van der Waals surface area contributed by atoms with Crippen LogP contribution in [-0.4, -0.2) is 14.4 Å². The van der Waals surface area contributed by atoms with Crippen LogP contribution in [0.15, 0.2) is 22.8 Å². The van der Waals surface area contributed by atoms with Crippen LogP contribution in [-0.2, 0) is 566 Å². The molecular weight excluding hydrogens is 2340 g/mol. The minimum absolute atomic E-state index is 0.0604. The summed E-state index contributed by atoms with van der Waals surface area (Å²) >= 11 is 13.2. The maximum absolute atomic E-state index is 5.03. The second-order valence-electron chi connectivity index (χ2n) is 12.4. The first-order chi connectivity index (χ1) is 41.4. The Kier molecular flexibility index (Phi) is 74.7. The SMILES string of the molecule is Cc1c(Br)nc2c3ccc(C(C)(C)C)cc3nc(C(C)(C)C)n12.S=S=S=S=S=S=S=S=S=S=S=S=S=S=S=S=S=S=S=S=S=S=S=S=S=S=S=S=S=S=S=S=S=S=S=S=S=S=S=S=S=S=S=S=S=S=S=S=S=S=S=S=S=S=S=S=S=S=S=S=S=S. The molecule has 0 bridgehead atoms. The first-order valence-electron chi connectivity index (χ1n) is 18.2. The third-order valence-corrected chi connectivity index (χ3v) is 138. The van der Waals surface area contributed by atoms with Gasteiger partial charge in [-0.15, -0.1) is 0 Å². The second kappa shape index (κ2) is 68.1. The van der Waals surface area contributed by atoms with Gasteiger partial charge in [-0.1, -0.05) is 47.6 Å². The molecular formula is C19H24BrN3S62. The van der Waals surface area contributed by atoms with E-state index in [-0.39, 0.29) is 10.8 Å². The van der Waals surface area contributed by atoms with Gasteiger partial charge in [0.15, 0.2) is 0 Å². The van der Waals surface area contributed by atoms with Crippen molar-refractivity contribution >= 4 is 588 Å². The van der Waals surface area contributed by atoms with Crippen molar-refractivity contribution in [1.82, 2.24) is 14.4 Å². The summed E-state index contributed by atoms with van der Waals surface area (Å²) in [7, 11) is 108. The minimum atomic E-state index is -0.0604. The van der Waals surface area contributed by atoms with E-state index >= 15 is 0 Å². The lowest BCUT2D eigenvalue weighted by atomic mass is 9.86. The van der Waals surface area contributed by atoms with Gasteiger partial charge in [0.1, 0.15) is 16.1 Å². The zero-order valence-electron chi connectivity index (χ0n) is 40.3. The van der Waals surface area contributed by atoms with Crippen LogP contribution in [0.4, 0.5) is 0 Å². The molecule has 2 heterocycles. The van der Waals surface area contributed by atoms with Crippen molar-refractivity contribution in [2.24, 2.45) is 0 Å². The number of halogens is 1. The molecule has 0 saturated carbocycles. The number of fused-ring (bicyclic) bond motifs is 3. The van der Waals surface area contributed by atoms with Crippen molar-refractivity contribution in [3.63, 3.8) is 0 Å². The van der Waals surface area contributed by atoms with Crippen LogP contribution in [0.2, 0.25) is 0 Å². The van der Waals surface area contributed by atoms with Crippen LogP contribution < -0.4 is 0 Å². The summed E-state index contributed by atoms with van der Waals surface area (Å²) in [5.41, 5.74) is 4.44. The summed E-state index contributed by atoms with van der Waals surface area (Å²) < 4.78 is 3.07. The van der Waals surface area contributed by atoms with Gasteiger partial charge < -0.3 is 0 Å². The molecule has 0 saturated heterocycles. The Balaban J connectivity index is 0.000000876. The lowest BCUT2D eigenvalue weighted by Gasteiger charge is -2.23. The van der Waals surface area contributed by atoms with Gasteiger partial charge in [-0.2, -0.15) is 0 Å². The third-order valence-electron chi connectivity index (χ3n) is 5.90. The predicted octanol–water partition coefficient (Wildman–Crippen LogP) is 5.40. The van der Waals surface area contributed by atoms with E-state index < -0.39 is 0 Å². The van der Waals surface area contributed by atoms with Gasteiger partial charge in [0.2, 0.25) is 0 Å². The summed E-state index contributed by atoms with van der Waals surface area (Å²) in [6, 6.07) is 6.56. The number of benzene rings is 1. The van der Waals surface area contributed by atoms with Crippen molar-refractivity contribution in [3.05, 3.63) is 39.9 Å². The number of aromatic nitrogens is 3. The molecule has 0 aliphatic rings. The molecule has 3 nitrogen and oxygen atoms in total. The molecule has 494 valence electrons. The lowest BCUT2D eigenvalue weighted by Crippen LogP contribution is -2.20. The summed E-state index contributed by atoms with van der Waals surface area (Å²) in [5, 5.41) is 1.10. The van der Waals surface area contributed by atoms with Crippen molar-refractivity contribution < 1.29 is 0 Å². The summed E-state index contributed by atoms with van der Waals surface area (Å²) in [6.07, 6.45) is 0. The molecule has 66 heteroatoms. The molecule has 3 rings (SSSR count). The van der Waals surface area contributed by atoms with Gasteiger partial charge in [-0.25, -0.2) is 9.97 Å². The zero-order valence-corrected chi connectivity index (χ0v) is 92.5. The van der Waals surface area contributed by atoms with Gasteiger partial charge in [-0.3, -0.25) is 4.40 Å². The molecule has 0 aliphatic carbocycles. The van der Waals surface area contributed by atoms with Crippen LogP contribution in [0.1, 0.15) is 58.6 Å². The van der Waals surface area contributed by atoms with Crippen molar-refractivity contribution in [3.8, 4) is 0 Å². The predicted molar refractivity (Wildman–Crippen MR) is 557 cm³/mol. The Bertz CT molecular complexity index is 5710. The highest BCUT2D eigenvalue weighted by Crippen LogP contribution is 2.32. The van der Waals surface area contributed by atoms with Crippen LogP contribution in [0.3, 0.4) is 0 Å². The normalized spacial score (nSPS) is 9.27. The fraction of sp³-hybridized carbons (Fsp3) is 0.474. The van der Waals surface area contributed by atoms with E-state index in [9.17, 15) is 0 Å². The van der Waals surface area contributed by atoms with Crippen LogP contribution in [0.5, 0.6) is 0 Å². The van der Waals surface area contributed by atoms with Crippen LogP contribution in [0, 0.1) is 6.92 Å². The van der Waals surface area contributed by atoms with Gasteiger partial charge in [0.05, 0.1) is 11.2 Å². The number of hydrogen-bond acceptors (Lipinski definition) is 4. The largest absolute Gasteiger partial charge is 0.283 e. The molecule has 0 atom stereocenters. The summed E-state index contributed by atoms with van der Waals surface area (Å²) in [4.78, 5) is 9.77. The topological polar surface area (TPSA) is 30.2 Å². The first kappa shape index (κ1) is 93.3. The molecule has 2 aromatic heterocycles. The highest BCUT2D eigenvalue weighted by atomic mass is 79.9. The number of hydrogen-bond donors (Lipinski definition) is 0. The maximum atomic E-state index is 5.03. The van der Waals surface area contributed by atoms with E-state index in [1.54, 1.807) is 107 Å². The monoisotopic (exact) mass is 2360 g/mol. The lowest BCUT2D eigenvalue weighted by molar-refractivity contribution is 0.537. The van der Waals surface area contributed by atoms with Gasteiger partial charge in [-0.05, 0) is 46.0 Å². The smallest absolute Gasteiger partial charge is 0.149 e. The summed E-state index contributed by atoms with van der Waals surface area (Å²) in [5.74, 6) is 1.04. The van der Waals surface area contributed by atoms with E-state index in [4.69, 9.17) is 32.3 Å².